The quantitative estimate of drug-likeness (QED) is 0.277. The van der Waals surface area contributed by atoms with Crippen LogP contribution in [0.25, 0.3) is 22.4 Å². The molecule has 3 saturated carbocycles. The van der Waals surface area contributed by atoms with Gasteiger partial charge in [0.2, 0.25) is 11.8 Å². The van der Waals surface area contributed by atoms with Crippen molar-refractivity contribution in [2.75, 3.05) is 5.32 Å². The number of aliphatic hydroxyl groups is 1. The summed E-state index contributed by atoms with van der Waals surface area (Å²) >= 11 is 0. The largest absolute Gasteiger partial charge is 0.390 e. The molecule has 0 unspecified atom stereocenters. The second-order valence-corrected chi connectivity index (χ2v) is 14.0. The first-order valence-corrected chi connectivity index (χ1v) is 16.2. The lowest BCUT2D eigenvalue weighted by Gasteiger charge is -2.49. The smallest absolute Gasteiger partial charge is 0.226 e. The number of carbonyl (C=O) groups is 2. The predicted octanol–water partition coefficient (Wildman–Crippen LogP) is 6.04. The molecule has 0 bridgehead atoms. The van der Waals surface area contributed by atoms with Crippen LogP contribution in [0.5, 0.6) is 0 Å². The molecule has 8 heteroatoms. The van der Waals surface area contributed by atoms with Gasteiger partial charge in [0, 0.05) is 41.1 Å². The SMILES string of the molecule is CC(C)N(C(=O)C1CC1)[C@H]1CC[C@H](CC(=O)Nc2cc(-c3ccccc3)c(-c3ccc([C@]4(N)C[C@](C)(O)C4)cc3)nn2)CC1. The third kappa shape index (κ3) is 6.57. The molecule has 1 heterocycles. The number of nitrogens with one attached hydrogen (secondary N) is 1. The van der Waals surface area contributed by atoms with Crippen LogP contribution in [0.1, 0.15) is 84.1 Å². The van der Waals surface area contributed by atoms with Crippen LogP contribution in [-0.2, 0) is 15.1 Å². The monoisotopic (exact) mass is 595 g/mol. The van der Waals surface area contributed by atoms with Crippen LogP contribution >= 0.6 is 0 Å². The topological polar surface area (TPSA) is 121 Å². The molecule has 0 radical (unpaired) electrons. The van der Waals surface area contributed by atoms with E-state index in [-0.39, 0.29) is 23.9 Å². The van der Waals surface area contributed by atoms with Crippen molar-refractivity contribution in [3.8, 4) is 22.4 Å². The maximum atomic E-state index is 13.2. The maximum absolute atomic E-state index is 13.2. The van der Waals surface area contributed by atoms with Gasteiger partial charge in [-0.05, 0) is 95.2 Å². The predicted molar refractivity (Wildman–Crippen MR) is 172 cm³/mol. The van der Waals surface area contributed by atoms with E-state index in [2.05, 4.69) is 34.3 Å². The molecule has 3 fully saturated rings. The van der Waals surface area contributed by atoms with Crippen LogP contribution in [0.2, 0.25) is 0 Å². The zero-order valence-corrected chi connectivity index (χ0v) is 26.1. The molecular weight excluding hydrogens is 550 g/mol. The van der Waals surface area contributed by atoms with E-state index in [1.54, 1.807) is 0 Å². The lowest BCUT2D eigenvalue weighted by molar-refractivity contribution is -0.138. The van der Waals surface area contributed by atoms with E-state index < -0.39 is 11.1 Å². The standard InChI is InChI=1S/C36H45N5O3/c1-23(2)41(34(43)27-11-12-27)29-17-9-24(10-18-29)19-32(42)38-31-20-30(25-7-5-4-6-8-25)33(40-39-31)26-13-15-28(16-14-26)36(37)21-35(3,44)22-36/h4-8,13-16,20,23-24,27,29,44H,9-12,17-19,21-22,37H2,1-3H3,(H,38,39,42)/t24-,29-,35-,36-. The Morgan fingerprint density at radius 1 is 0.955 bits per heavy atom. The summed E-state index contributed by atoms with van der Waals surface area (Å²) in [5.74, 6) is 1.22. The molecule has 8 nitrogen and oxygen atoms in total. The minimum absolute atomic E-state index is 0.0572. The second-order valence-electron chi connectivity index (χ2n) is 14.0. The Morgan fingerprint density at radius 2 is 1.61 bits per heavy atom. The highest BCUT2D eigenvalue weighted by molar-refractivity contribution is 5.91. The first-order valence-electron chi connectivity index (χ1n) is 16.2. The number of amides is 2. The molecule has 0 saturated heterocycles. The Hall–Kier alpha value is -3.62. The number of hydrogen-bond donors (Lipinski definition) is 3. The molecule has 0 spiro atoms. The summed E-state index contributed by atoms with van der Waals surface area (Å²) in [6.45, 7) is 6.04. The fourth-order valence-electron chi connectivity index (χ4n) is 7.46. The third-order valence-corrected chi connectivity index (χ3v) is 9.69. The van der Waals surface area contributed by atoms with Gasteiger partial charge in [-0.3, -0.25) is 9.59 Å². The molecule has 232 valence electrons. The number of carbonyl (C=O) groups excluding carboxylic acids is 2. The third-order valence-electron chi connectivity index (χ3n) is 9.69. The number of rotatable bonds is 9. The molecular formula is C36H45N5O3. The fraction of sp³-hybridized carbons (Fsp3) is 0.500. The Bertz CT molecular complexity index is 1480. The van der Waals surface area contributed by atoms with Gasteiger partial charge in [0.15, 0.2) is 5.82 Å². The number of nitrogens with zero attached hydrogens (tertiary/aromatic N) is 3. The molecule has 6 rings (SSSR count). The summed E-state index contributed by atoms with van der Waals surface area (Å²) in [4.78, 5) is 28.2. The highest BCUT2D eigenvalue weighted by Crippen LogP contribution is 2.46. The van der Waals surface area contributed by atoms with Gasteiger partial charge < -0.3 is 21.1 Å². The molecule has 0 atom stereocenters. The van der Waals surface area contributed by atoms with Crippen molar-refractivity contribution >= 4 is 17.6 Å². The summed E-state index contributed by atoms with van der Waals surface area (Å²) < 4.78 is 0. The van der Waals surface area contributed by atoms with Gasteiger partial charge in [-0.1, -0.05) is 54.6 Å². The second kappa shape index (κ2) is 12.1. The first kappa shape index (κ1) is 30.4. The summed E-state index contributed by atoms with van der Waals surface area (Å²) in [6, 6.07) is 20.4. The Morgan fingerprint density at radius 3 is 2.20 bits per heavy atom. The molecule has 4 N–H and O–H groups in total. The average Bonchev–Trinajstić information content (AvgIpc) is 3.83. The van der Waals surface area contributed by atoms with Crippen LogP contribution in [0, 0.1) is 11.8 Å². The zero-order valence-electron chi connectivity index (χ0n) is 26.1. The molecule has 1 aromatic heterocycles. The maximum Gasteiger partial charge on any atom is 0.226 e. The van der Waals surface area contributed by atoms with E-state index in [9.17, 15) is 14.7 Å². The zero-order chi connectivity index (χ0) is 31.1. The van der Waals surface area contributed by atoms with E-state index in [4.69, 9.17) is 5.73 Å². The summed E-state index contributed by atoms with van der Waals surface area (Å²) in [6.07, 6.45) is 7.33. The van der Waals surface area contributed by atoms with Gasteiger partial charge >= 0.3 is 0 Å². The molecule has 3 aromatic rings. The lowest BCUT2D eigenvalue weighted by atomic mass is 9.63. The highest BCUT2D eigenvalue weighted by atomic mass is 16.3. The highest BCUT2D eigenvalue weighted by Gasteiger charge is 2.49. The lowest BCUT2D eigenvalue weighted by Crippen LogP contribution is -2.58. The molecule has 2 amide bonds. The normalized spacial score (nSPS) is 26.6. The summed E-state index contributed by atoms with van der Waals surface area (Å²) in [7, 11) is 0. The summed E-state index contributed by atoms with van der Waals surface area (Å²) in [5, 5.41) is 22.2. The fourth-order valence-corrected chi connectivity index (χ4v) is 7.46. The molecule has 0 aliphatic heterocycles. The number of anilines is 1. The van der Waals surface area contributed by atoms with Gasteiger partial charge in [-0.15, -0.1) is 10.2 Å². The van der Waals surface area contributed by atoms with Gasteiger partial charge in [-0.25, -0.2) is 0 Å². The van der Waals surface area contributed by atoms with E-state index in [0.29, 0.717) is 36.9 Å². The average molecular weight is 596 g/mol. The van der Waals surface area contributed by atoms with Crippen LogP contribution in [0.4, 0.5) is 5.82 Å². The number of benzene rings is 2. The number of hydrogen-bond acceptors (Lipinski definition) is 6. The first-order chi connectivity index (χ1) is 21.0. The molecule has 44 heavy (non-hydrogen) atoms. The van der Waals surface area contributed by atoms with E-state index >= 15 is 0 Å². The van der Waals surface area contributed by atoms with E-state index in [0.717, 1.165) is 66.5 Å². The Kier molecular flexibility index (Phi) is 8.33. The Balaban J connectivity index is 1.12. The van der Waals surface area contributed by atoms with Crippen LogP contribution in [0.3, 0.4) is 0 Å². The van der Waals surface area contributed by atoms with Crippen molar-refractivity contribution in [3.63, 3.8) is 0 Å². The van der Waals surface area contributed by atoms with Crippen LogP contribution in [0.15, 0.2) is 60.7 Å². The van der Waals surface area contributed by atoms with Crippen molar-refractivity contribution in [2.45, 2.75) is 102 Å². The molecule has 3 aliphatic carbocycles. The van der Waals surface area contributed by atoms with Crippen molar-refractivity contribution in [3.05, 3.63) is 66.2 Å². The van der Waals surface area contributed by atoms with E-state index in [1.807, 2.05) is 67.6 Å². The minimum atomic E-state index is -0.718. The van der Waals surface area contributed by atoms with Gasteiger partial charge in [0.25, 0.3) is 0 Å². The van der Waals surface area contributed by atoms with Gasteiger partial charge in [-0.2, -0.15) is 0 Å². The van der Waals surface area contributed by atoms with Crippen LogP contribution < -0.4 is 11.1 Å². The van der Waals surface area contributed by atoms with Gasteiger partial charge in [0.1, 0.15) is 5.69 Å². The number of aromatic nitrogens is 2. The summed E-state index contributed by atoms with van der Waals surface area (Å²) in [5.41, 5.74) is 9.80. The van der Waals surface area contributed by atoms with Crippen molar-refractivity contribution in [1.29, 1.82) is 0 Å². The molecule has 2 aromatic carbocycles. The van der Waals surface area contributed by atoms with Crippen molar-refractivity contribution < 1.29 is 14.7 Å². The van der Waals surface area contributed by atoms with Crippen LogP contribution in [-0.4, -0.2) is 49.7 Å². The molecule has 3 aliphatic rings. The number of nitrogens with two attached hydrogens (primary N) is 1. The van der Waals surface area contributed by atoms with Crippen molar-refractivity contribution in [1.82, 2.24) is 15.1 Å². The van der Waals surface area contributed by atoms with Gasteiger partial charge in [0.05, 0.1) is 5.60 Å². The van der Waals surface area contributed by atoms with E-state index in [1.165, 1.54) is 0 Å². The van der Waals surface area contributed by atoms with Crippen molar-refractivity contribution in [2.24, 2.45) is 17.6 Å². The minimum Gasteiger partial charge on any atom is -0.390 e. The Labute approximate surface area is 260 Å².